The highest BCUT2D eigenvalue weighted by Gasteiger charge is 2.29. The quantitative estimate of drug-likeness (QED) is 0.460. The van der Waals surface area contributed by atoms with Crippen LogP contribution in [0.15, 0.2) is 43.0 Å². The summed E-state index contributed by atoms with van der Waals surface area (Å²) in [5, 5.41) is 0. The molecule has 1 aromatic carbocycles. The lowest BCUT2D eigenvalue weighted by Gasteiger charge is -2.06. The molecule has 0 amide bonds. The lowest BCUT2D eigenvalue weighted by molar-refractivity contribution is -0.145. The zero-order valence-electron chi connectivity index (χ0n) is 11.4. The Kier molecular flexibility index (Phi) is 6.37. The number of carbonyl (C=O) groups is 2. The molecule has 0 radical (unpaired) electrons. The Hall–Kier alpha value is -2.57. The highest BCUT2D eigenvalue weighted by atomic mass is 19.4. The fourth-order valence-electron chi connectivity index (χ4n) is 1.34. The summed E-state index contributed by atoms with van der Waals surface area (Å²) < 4.78 is 46.4. The molecule has 0 fully saturated rings. The van der Waals surface area contributed by atoms with Crippen molar-refractivity contribution in [1.29, 1.82) is 0 Å². The molecule has 1 rings (SSSR count). The Morgan fingerprint density at radius 3 is 2.09 bits per heavy atom. The molecule has 4 nitrogen and oxygen atoms in total. The van der Waals surface area contributed by atoms with Crippen LogP contribution in [-0.2, 0) is 25.2 Å². The molecule has 7 heteroatoms. The zero-order valence-corrected chi connectivity index (χ0v) is 11.4. The lowest BCUT2D eigenvalue weighted by Crippen LogP contribution is -2.11. The van der Waals surface area contributed by atoms with Gasteiger partial charge in [-0.1, -0.05) is 18.7 Å². The van der Waals surface area contributed by atoms with Crippen molar-refractivity contribution in [2.45, 2.75) is 6.18 Å². The van der Waals surface area contributed by atoms with Crippen LogP contribution in [0, 0.1) is 0 Å². The predicted molar refractivity (Wildman–Crippen MR) is 72.6 cm³/mol. The van der Waals surface area contributed by atoms with Gasteiger partial charge in [0.15, 0.2) is 0 Å². The molecule has 0 bridgehead atoms. The number of hydrogen-bond acceptors (Lipinski definition) is 4. The number of halogens is 3. The van der Waals surface area contributed by atoms with E-state index in [0.29, 0.717) is 5.56 Å². The summed E-state index contributed by atoms with van der Waals surface area (Å²) in [6.45, 7) is 2.96. The molecule has 0 aliphatic heterocycles. The number of alkyl halides is 3. The Morgan fingerprint density at radius 1 is 1.05 bits per heavy atom. The number of rotatable bonds is 6. The Labute approximate surface area is 124 Å². The molecule has 0 atom stereocenters. The summed E-state index contributed by atoms with van der Waals surface area (Å²) in [5.41, 5.74) is -0.348. The van der Waals surface area contributed by atoms with Crippen LogP contribution < -0.4 is 0 Å². The largest absolute Gasteiger partial charge is 0.459 e. The van der Waals surface area contributed by atoms with Gasteiger partial charge in [-0.25, -0.2) is 9.59 Å². The van der Waals surface area contributed by atoms with Crippen LogP contribution in [0.3, 0.4) is 0 Å². The fraction of sp³-hybridized carbons (Fsp3) is 0.200. The standard InChI is InChI=1S/C15H13F3O4/c1-2-13(19)21-9-10-22-14(20)8-5-11-3-6-12(7-4-11)15(16,17)18/h2-8H,1,9-10H2/b8-5+. The second-order valence-corrected chi connectivity index (χ2v) is 3.99. The molecule has 0 heterocycles. The van der Waals surface area contributed by atoms with Gasteiger partial charge >= 0.3 is 18.1 Å². The van der Waals surface area contributed by atoms with Crippen LogP contribution in [0.4, 0.5) is 13.2 Å². The maximum absolute atomic E-state index is 12.4. The van der Waals surface area contributed by atoms with E-state index in [1.807, 2.05) is 0 Å². The van der Waals surface area contributed by atoms with Crippen molar-refractivity contribution in [3.05, 3.63) is 54.1 Å². The highest BCUT2D eigenvalue weighted by Crippen LogP contribution is 2.29. The van der Waals surface area contributed by atoms with E-state index in [1.54, 1.807) is 0 Å². The third-order valence-corrected chi connectivity index (χ3v) is 2.39. The second kappa shape index (κ2) is 8.02. The van der Waals surface area contributed by atoms with Crippen molar-refractivity contribution in [2.24, 2.45) is 0 Å². The number of ether oxygens (including phenoxy) is 2. The number of carbonyl (C=O) groups excluding carboxylic acids is 2. The van der Waals surface area contributed by atoms with E-state index >= 15 is 0 Å². The molecule has 0 N–H and O–H groups in total. The summed E-state index contributed by atoms with van der Waals surface area (Å²) in [5.74, 6) is -1.33. The third kappa shape index (κ3) is 6.25. The Morgan fingerprint density at radius 2 is 1.59 bits per heavy atom. The molecule has 0 aliphatic rings. The van der Waals surface area contributed by atoms with Crippen molar-refractivity contribution < 1.29 is 32.2 Å². The van der Waals surface area contributed by atoms with Gasteiger partial charge in [0, 0.05) is 12.2 Å². The minimum Gasteiger partial charge on any atom is -0.459 e. The van der Waals surface area contributed by atoms with E-state index < -0.39 is 23.7 Å². The van der Waals surface area contributed by atoms with E-state index in [4.69, 9.17) is 4.74 Å². The van der Waals surface area contributed by atoms with E-state index in [-0.39, 0.29) is 13.2 Å². The normalized spacial score (nSPS) is 11.2. The molecule has 0 aromatic heterocycles. The molecule has 1 aromatic rings. The van der Waals surface area contributed by atoms with E-state index in [2.05, 4.69) is 11.3 Å². The van der Waals surface area contributed by atoms with Gasteiger partial charge in [-0.3, -0.25) is 0 Å². The monoisotopic (exact) mass is 314 g/mol. The average Bonchev–Trinajstić information content (AvgIpc) is 2.48. The van der Waals surface area contributed by atoms with Crippen LogP contribution in [0.5, 0.6) is 0 Å². The van der Waals surface area contributed by atoms with E-state index in [1.165, 1.54) is 18.2 Å². The van der Waals surface area contributed by atoms with Crippen LogP contribution in [0.1, 0.15) is 11.1 Å². The van der Waals surface area contributed by atoms with Gasteiger partial charge in [-0.15, -0.1) is 0 Å². The van der Waals surface area contributed by atoms with Crippen LogP contribution >= 0.6 is 0 Å². The Balaban J connectivity index is 2.42. The predicted octanol–water partition coefficient (Wildman–Crippen LogP) is 2.99. The first-order valence-electron chi connectivity index (χ1n) is 6.14. The van der Waals surface area contributed by atoms with Gasteiger partial charge in [0.2, 0.25) is 0 Å². The first-order chi connectivity index (χ1) is 10.3. The van der Waals surface area contributed by atoms with Gasteiger partial charge in [0.1, 0.15) is 13.2 Å². The molecule has 22 heavy (non-hydrogen) atoms. The average molecular weight is 314 g/mol. The summed E-state index contributed by atoms with van der Waals surface area (Å²) in [4.78, 5) is 22.0. The van der Waals surface area contributed by atoms with Gasteiger partial charge in [-0.2, -0.15) is 13.2 Å². The smallest absolute Gasteiger partial charge is 0.416 e. The first kappa shape index (κ1) is 17.5. The van der Waals surface area contributed by atoms with Crippen molar-refractivity contribution in [1.82, 2.24) is 0 Å². The summed E-state index contributed by atoms with van der Waals surface area (Å²) in [7, 11) is 0. The molecule has 0 spiro atoms. The summed E-state index contributed by atoms with van der Waals surface area (Å²) in [6, 6.07) is 4.30. The molecule has 0 saturated heterocycles. The van der Waals surface area contributed by atoms with Gasteiger partial charge < -0.3 is 9.47 Å². The molecular weight excluding hydrogens is 301 g/mol. The van der Waals surface area contributed by atoms with Gasteiger partial charge in [0.05, 0.1) is 5.56 Å². The van der Waals surface area contributed by atoms with Crippen molar-refractivity contribution in [3.63, 3.8) is 0 Å². The molecule has 118 valence electrons. The topological polar surface area (TPSA) is 52.6 Å². The Bertz CT molecular complexity index is 559. The van der Waals surface area contributed by atoms with Gasteiger partial charge in [0.25, 0.3) is 0 Å². The minimum absolute atomic E-state index is 0.106. The summed E-state index contributed by atoms with van der Waals surface area (Å²) in [6.07, 6.45) is -1.04. The number of benzene rings is 1. The molecular formula is C15H13F3O4. The van der Waals surface area contributed by atoms with Crippen molar-refractivity contribution in [3.8, 4) is 0 Å². The summed E-state index contributed by atoms with van der Waals surface area (Å²) >= 11 is 0. The minimum atomic E-state index is -4.40. The first-order valence-corrected chi connectivity index (χ1v) is 6.14. The van der Waals surface area contributed by atoms with Gasteiger partial charge in [-0.05, 0) is 23.8 Å². The van der Waals surface area contributed by atoms with Crippen molar-refractivity contribution in [2.75, 3.05) is 13.2 Å². The third-order valence-electron chi connectivity index (χ3n) is 2.39. The van der Waals surface area contributed by atoms with E-state index in [0.717, 1.165) is 24.3 Å². The molecule has 0 unspecified atom stereocenters. The maximum Gasteiger partial charge on any atom is 0.416 e. The van der Waals surface area contributed by atoms with Crippen LogP contribution in [0.2, 0.25) is 0 Å². The van der Waals surface area contributed by atoms with Crippen LogP contribution in [0.25, 0.3) is 6.08 Å². The number of hydrogen-bond donors (Lipinski definition) is 0. The fourth-order valence-corrected chi connectivity index (χ4v) is 1.34. The van der Waals surface area contributed by atoms with Crippen LogP contribution in [-0.4, -0.2) is 25.2 Å². The van der Waals surface area contributed by atoms with E-state index in [9.17, 15) is 22.8 Å². The molecule has 0 aliphatic carbocycles. The SMILES string of the molecule is C=CC(=O)OCCOC(=O)/C=C/c1ccc(C(F)(F)F)cc1. The zero-order chi connectivity index (χ0) is 16.6. The lowest BCUT2D eigenvalue weighted by atomic mass is 10.1. The maximum atomic E-state index is 12.4. The highest BCUT2D eigenvalue weighted by molar-refractivity contribution is 5.87. The molecule has 0 saturated carbocycles. The van der Waals surface area contributed by atoms with Crippen molar-refractivity contribution >= 4 is 18.0 Å². The second-order valence-electron chi connectivity index (χ2n) is 3.99. The number of esters is 2.